The second-order valence-corrected chi connectivity index (χ2v) is 5.65. The molecule has 0 fully saturated rings. The van der Waals surface area contributed by atoms with E-state index in [4.69, 9.17) is 33.7 Å². The van der Waals surface area contributed by atoms with Crippen molar-refractivity contribution < 1.29 is 9.53 Å². The lowest BCUT2D eigenvalue weighted by Gasteiger charge is -2.10. The van der Waals surface area contributed by atoms with Crippen LogP contribution in [0, 0.1) is 6.92 Å². The zero-order chi connectivity index (χ0) is 16.1. The number of carbonyl (C=O) groups excluding carboxylic acids is 1. The van der Waals surface area contributed by atoms with E-state index >= 15 is 0 Å². The van der Waals surface area contributed by atoms with Crippen molar-refractivity contribution in [2.45, 2.75) is 13.5 Å². The van der Waals surface area contributed by atoms with Gasteiger partial charge in [-0.05, 0) is 42.3 Å². The molecule has 0 heterocycles. The average Bonchev–Trinajstić information content (AvgIpc) is 2.47. The van der Waals surface area contributed by atoms with Crippen LogP contribution in [0.15, 0.2) is 36.4 Å². The van der Waals surface area contributed by atoms with Crippen LogP contribution in [0.4, 0.5) is 5.69 Å². The first-order valence-electron chi connectivity index (χ1n) is 6.65. The largest absolute Gasteiger partial charge is 0.482 e. The molecule has 0 bridgehead atoms. The van der Waals surface area contributed by atoms with Gasteiger partial charge in [0.15, 0.2) is 6.61 Å². The lowest BCUT2D eigenvalue weighted by atomic mass is 10.2. The fourth-order valence-electron chi connectivity index (χ4n) is 1.83. The van der Waals surface area contributed by atoms with Crippen molar-refractivity contribution in [1.29, 1.82) is 0 Å². The van der Waals surface area contributed by atoms with Crippen molar-refractivity contribution in [2.24, 2.45) is 5.73 Å². The van der Waals surface area contributed by atoms with Crippen LogP contribution in [0.1, 0.15) is 11.1 Å². The Morgan fingerprint density at radius 1 is 1.18 bits per heavy atom. The second kappa shape index (κ2) is 7.38. The lowest BCUT2D eigenvalue weighted by Crippen LogP contribution is -2.20. The maximum Gasteiger partial charge on any atom is 0.255 e. The molecule has 0 atom stereocenters. The van der Waals surface area contributed by atoms with E-state index < -0.39 is 5.91 Å². The molecule has 0 aromatic heterocycles. The summed E-state index contributed by atoms with van der Waals surface area (Å²) < 4.78 is 5.20. The molecule has 0 aliphatic heterocycles. The van der Waals surface area contributed by atoms with Gasteiger partial charge in [0.25, 0.3) is 5.91 Å². The molecule has 0 aliphatic rings. The standard InChI is InChI=1S/C16H16Cl2N2O2/c1-10-2-4-12(7-13(10)17)20-8-11-3-5-15(14(18)6-11)22-9-16(19)21/h2-7,20H,8-9H2,1H3,(H2,19,21). The maximum absolute atomic E-state index is 10.7. The van der Waals surface area contributed by atoms with Gasteiger partial charge in [0.1, 0.15) is 5.75 Å². The molecule has 1 amide bonds. The summed E-state index contributed by atoms with van der Waals surface area (Å²) >= 11 is 12.2. The lowest BCUT2D eigenvalue weighted by molar-refractivity contribution is -0.119. The summed E-state index contributed by atoms with van der Waals surface area (Å²) in [5.74, 6) is -0.111. The Morgan fingerprint density at radius 3 is 2.59 bits per heavy atom. The third-order valence-corrected chi connectivity index (χ3v) is 3.74. The van der Waals surface area contributed by atoms with Gasteiger partial charge in [0.05, 0.1) is 5.02 Å². The number of hydrogen-bond donors (Lipinski definition) is 2. The number of primary amides is 1. The molecule has 0 spiro atoms. The molecule has 2 rings (SSSR count). The highest BCUT2D eigenvalue weighted by Gasteiger charge is 2.05. The summed E-state index contributed by atoms with van der Waals surface area (Å²) in [6.07, 6.45) is 0. The van der Waals surface area contributed by atoms with Gasteiger partial charge in [-0.1, -0.05) is 35.3 Å². The van der Waals surface area contributed by atoms with E-state index in [0.29, 0.717) is 17.3 Å². The molecular formula is C16H16Cl2N2O2. The minimum absolute atomic E-state index is 0.195. The molecule has 2 aromatic carbocycles. The maximum atomic E-state index is 10.7. The smallest absolute Gasteiger partial charge is 0.255 e. The highest BCUT2D eigenvalue weighted by atomic mass is 35.5. The third kappa shape index (κ3) is 4.55. The van der Waals surface area contributed by atoms with Gasteiger partial charge >= 0.3 is 0 Å². The van der Waals surface area contributed by atoms with Crippen molar-refractivity contribution in [3.05, 3.63) is 57.6 Å². The summed E-state index contributed by atoms with van der Waals surface area (Å²) in [6.45, 7) is 2.35. The molecule has 6 heteroatoms. The van der Waals surface area contributed by atoms with E-state index in [2.05, 4.69) is 5.32 Å². The predicted molar refractivity (Wildman–Crippen MR) is 89.7 cm³/mol. The van der Waals surface area contributed by atoms with Crippen molar-refractivity contribution in [3.63, 3.8) is 0 Å². The molecule has 22 heavy (non-hydrogen) atoms. The number of ether oxygens (including phenoxy) is 1. The quantitative estimate of drug-likeness (QED) is 0.842. The van der Waals surface area contributed by atoms with E-state index in [1.165, 1.54) is 0 Å². The van der Waals surface area contributed by atoms with Gasteiger partial charge in [-0.3, -0.25) is 4.79 Å². The molecule has 0 radical (unpaired) electrons. The van der Waals surface area contributed by atoms with Crippen molar-refractivity contribution in [1.82, 2.24) is 0 Å². The molecular weight excluding hydrogens is 323 g/mol. The predicted octanol–water partition coefficient (Wildman–Crippen LogP) is 3.78. The van der Waals surface area contributed by atoms with E-state index in [-0.39, 0.29) is 6.61 Å². The van der Waals surface area contributed by atoms with Gasteiger partial charge < -0.3 is 15.8 Å². The van der Waals surface area contributed by atoms with Crippen molar-refractivity contribution in [3.8, 4) is 5.75 Å². The Morgan fingerprint density at radius 2 is 1.95 bits per heavy atom. The van der Waals surface area contributed by atoms with E-state index in [9.17, 15) is 4.79 Å². The summed E-state index contributed by atoms with van der Waals surface area (Å²) in [4.78, 5) is 10.7. The molecule has 0 aliphatic carbocycles. The molecule has 0 unspecified atom stereocenters. The molecule has 116 valence electrons. The number of rotatable bonds is 6. The first-order valence-corrected chi connectivity index (χ1v) is 7.41. The topological polar surface area (TPSA) is 64.3 Å². The third-order valence-electron chi connectivity index (χ3n) is 3.03. The Bertz CT molecular complexity index is 690. The fraction of sp³-hybridized carbons (Fsp3) is 0.188. The number of halogens is 2. The first kappa shape index (κ1) is 16.5. The van der Waals surface area contributed by atoms with Crippen LogP contribution >= 0.6 is 23.2 Å². The number of nitrogens with one attached hydrogen (secondary N) is 1. The first-order chi connectivity index (χ1) is 10.5. The molecule has 2 aromatic rings. The second-order valence-electron chi connectivity index (χ2n) is 4.84. The van der Waals surface area contributed by atoms with E-state index in [1.807, 2.05) is 31.2 Å². The van der Waals surface area contributed by atoms with E-state index in [1.54, 1.807) is 12.1 Å². The zero-order valence-corrected chi connectivity index (χ0v) is 13.5. The van der Waals surface area contributed by atoms with Crippen molar-refractivity contribution >= 4 is 34.8 Å². The summed E-state index contributed by atoms with van der Waals surface area (Å²) in [6, 6.07) is 11.2. The highest BCUT2D eigenvalue weighted by Crippen LogP contribution is 2.26. The number of nitrogens with two attached hydrogens (primary N) is 1. The number of carbonyl (C=O) groups is 1. The van der Waals surface area contributed by atoms with Crippen molar-refractivity contribution in [2.75, 3.05) is 11.9 Å². The molecule has 0 saturated heterocycles. The van der Waals surface area contributed by atoms with Gasteiger partial charge in [0, 0.05) is 17.3 Å². The molecule has 3 N–H and O–H groups in total. The fourth-order valence-corrected chi connectivity index (χ4v) is 2.27. The number of amides is 1. The summed E-state index contributed by atoms with van der Waals surface area (Å²) in [7, 11) is 0. The van der Waals surface area contributed by atoms with Gasteiger partial charge in [-0.25, -0.2) is 0 Å². The Kier molecular flexibility index (Phi) is 5.52. The monoisotopic (exact) mass is 338 g/mol. The van der Waals surface area contributed by atoms with Crippen LogP contribution in [-0.2, 0) is 11.3 Å². The summed E-state index contributed by atoms with van der Waals surface area (Å²) in [5.41, 5.74) is 7.97. The van der Waals surface area contributed by atoms with Crippen LogP contribution in [0.5, 0.6) is 5.75 Å². The Labute approximate surface area is 139 Å². The Balaban J connectivity index is 1.99. The minimum atomic E-state index is -0.543. The molecule has 4 nitrogen and oxygen atoms in total. The normalized spacial score (nSPS) is 10.3. The summed E-state index contributed by atoms with van der Waals surface area (Å²) in [5, 5.41) is 4.42. The Hall–Kier alpha value is -1.91. The van der Waals surface area contributed by atoms with Crippen LogP contribution in [0.3, 0.4) is 0 Å². The van der Waals surface area contributed by atoms with Crippen LogP contribution < -0.4 is 15.8 Å². The minimum Gasteiger partial charge on any atom is -0.482 e. The number of hydrogen-bond acceptors (Lipinski definition) is 3. The van der Waals surface area contributed by atoms with Gasteiger partial charge in [-0.15, -0.1) is 0 Å². The number of anilines is 1. The van der Waals surface area contributed by atoms with Gasteiger partial charge in [0.2, 0.25) is 0 Å². The average molecular weight is 339 g/mol. The number of aryl methyl sites for hydroxylation is 1. The van der Waals surface area contributed by atoms with E-state index in [0.717, 1.165) is 21.8 Å². The van der Waals surface area contributed by atoms with Crippen LogP contribution in [-0.4, -0.2) is 12.5 Å². The van der Waals surface area contributed by atoms with Crippen LogP contribution in [0.2, 0.25) is 10.0 Å². The highest BCUT2D eigenvalue weighted by molar-refractivity contribution is 6.32. The van der Waals surface area contributed by atoms with Gasteiger partial charge in [-0.2, -0.15) is 0 Å². The number of benzene rings is 2. The SMILES string of the molecule is Cc1ccc(NCc2ccc(OCC(N)=O)c(Cl)c2)cc1Cl. The zero-order valence-electron chi connectivity index (χ0n) is 12.0. The van der Waals surface area contributed by atoms with Crippen LogP contribution in [0.25, 0.3) is 0 Å². The molecule has 0 saturated carbocycles.